The van der Waals surface area contributed by atoms with Gasteiger partial charge in [-0.1, -0.05) is 42.5 Å². The van der Waals surface area contributed by atoms with Crippen molar-refractivity contribution in [3.8, 4) is 0 Å². The van der Waals surface area contributed by atoms with E-state index in [4.69, 9.17) is 5.73 Å². The van der Waals surface area contributed by atoms with Crippen LogP contribution >= 0.6 is 11.8 Å². The van der Waals surface area contributed by atoms with Gasteiger partial charge in [-0.3, -0.25) is 4.79 Å². The number of amides is 1. The average molecular weight is 229 g/mol. The molecule has 0 bridgehead atoms. The van der Waals surface area contributed by atoms with Gasteiger partial charge in [0.25, 0.3) is 5.91 Å². The summed E-state index contributed by atoms with van der Waals surface area (Å²) in [4.78, 5) is 11.9. The van der Waals surface area contributed by atoms with E-state index in [-0.39, 0.29) is 5.91 Å². The minimum atomic E-state index is -0.315. The molecule has 0 saturated heterocycles. The number of hydrogen-bond donors (Lipinski definition) is 1. The molecule has 2 atom stereocenters. The van der Waals surface area contributed by atoms with E-state index < -0.39 is 0 Å². The Morgan fingerprint density at radius 2 is 2.12 bits per heavy atom. The molecule has 0 spiro atoms. The van der Waals surface area contributed by atoms with Crippen molar-refractivity contribution in [3.63, 3.8) is 0 Å². The van der Waals surface area contributed by atoms with Crippen molar-refractivity contribution in [2.45, 2.75) is 5.25 Å². The second-order valence-electron chi connectivity index (χ2n) is 4.00. The molecule has 80 valence electrons. The van der Waals surface area contributed by atoms with Crippen LogP contribution in [0.25, 0.3) is 6.08 Å². The smallest absolute Gasteiger partial charge is 0.254 e. The molecule has 1 aromatic rings. The summed E-state index contributed by atoms with van der Waals surface area (Å²) in [6.45, 7) is 0. The molecule has 2 N–H and O–H groups in total. The summed E-state index contributed by atoms with van der Waals surface area (Å²) in [6.07, 6.45) is 6.25. The van der Waals surface area contributed by atoms with Gasteiger partial charge < -0.3 is 5.73 Å². The van der Waals surface area contributed by atoms with E-state index in [1.54, 1.807) is 11.8 Å². The van der Waals surface area contributed by atoms with Crippen molar-refractivity contribution in [1.29, 1.82) is 0 Å². The Morgan fingerprint density at radius 1 is 1.31 bits per heavy atom. The van der Waals surface area contributed by atoms with Crippen LogP contribution in [0.2, 0.25) is 0 Å². The first-order chi connectivity index (χ1) is 7.75. The maximum Gasteiger partial charge on any atom is 0.254 e. The monoisotopic (exact) mass is 229 g/mol. The summed E-state index contributed by atoms with van der Waals surface area (Å²) in [6, 6.07) is 8.30. The van der Waals surface area contributed by atoms with Gasteiger partial charge in [0.1, 0.15) is 0 Å². The van der Waals surface area contributed by atoms with E-state index in [2.05, 4.69) is 24.3 Å². The van der Waals surface area contributed by atoms with Crippen LogP contribution in [-0.4, -0.2) is 5.91 Å². The molecule has 0 aromatic heterocycles. The zero-order valence-electron chi connectivity index (χ0n) is 8.59. The fourth-order valence-corrected chi connectivity index (χ4v) is 3.51. The number of hydrogen-bond acceptors (Lipinski definition) is 2. The van der Waals surface area contributed by atoms with Crippen molar-refractivity contribution < 1.29 is 4.79 Å². The molecule has 0 radical (unpaired) electrons. The van der Waals surface area contributed by atoms with Gasteiger partial charge in [-0.2, -0.15) is 0 Å². The third-order valence-corrected chi connectivity index (χ3v) is 4.40. The predicted octanol–water partition coefficient (Wildman–Crippen LogP) is 2.49. The van der Waals surface area contributed by atoms with Gasteiger partial charge in [0.15, 0.2) is 0 Å². The van der Waals surface area contributed by atoms with Crippen molar-refractivity contribution >= 4 is 23.7 Å². The fourth-order valence-electron chi connectivity index (χ4n) is 2.22. The molecular weight excluding hydrogens is 218 g/mol. The van der Waals surface area contributed by atoms with E-state index in [1.165, 1.54) is 11.1 Å². The first-order valence-electron chi connectivity index (χ1n) is 5.21. The highest BCUT2D eigenvalue weighted by molar-refractivity contribution is 8.04. The summed E-state index contributed by atoms with van der Waals surface area (Å²) in [5, 5.41) is 0.323. The number of thioether (sulfide) groups is 1. The summed E-state index contributed by atoms with van der Waals surface area (Å²) in [7, 11) is 0. The number of benzene rings is 1. The lowest BCUT2D eigenvalue weighted by Crippen LogP contribution is -2.10. The van der Waals surface area contributed by atoms with Gasteiger partial charge in [-0.05, 0) is 11.1 Å². The first-order valence-corrected chi connectivity index (χ1v) is 6.09. The molecule has 1 heterocycles. The highest BCUT2D eigenvalue weighted by Crippen LogP contribution is 2.51. The Morgan fingerprint density at radius 3 is 2.94 bits per heavy atom. The first kappa shape index (κ1) is 9.73. The molecule has 1 aliphatic heterocycles. The SMILES string of the molecule is NC(=O)C1=CC2C=Cc3ccccc3C2S1. The quantitative estimate of drug-likeness (QED) is 0.804. The van der Waals surface area contributed by atoms with Gasteiger partial charge in [0.05, 0.1) is 4.91 Å². The maximum absolute atomic E-state index is 11.2. The van der Waals surface area contributed by atoms with Crippen molar-refractivity contribution in [2.75, 3.05) is 0 Å². The van der Waals surface area contributed by atoms with Crippen molar-refractivity contribution in [1.82, 2.24) is 0 Å². The van der Waals surface area contributed by atoms with Crippen molar-refractivity contribution in [2.24, 2.45) is 11.7 Å². The minimum absolute atomic E-state index is 0.308. The second kappa shape index (κ2) is 3.52. The lowest BCUT2D eigenvalue weighted by molar-refractivity contribution is -0.113. The van der Waals surface area contributed by atoms with Gasteiger partial charge >= 0.3 is 0 Å². The van der Waals surface area contributed by atoms with Crippen LogP contribution in [0.4, 0.5) is 0 Å². The number of fused-ring (bicyclic) bond motifs is 3. The number of allylic oxidation sites excluding steroid dienone is 2. The number of rotatable bonds is 1. The molecule has 16 heavy (non-hydrogen) atoms. The Hall–Kier alpha value is -1.48. The summed E-state index contributed by atoms with van der Waals surface area (Å²) >= 11 is 1.58. The van der Waals surface area contributed by atoms with E-state index in [0.29, 0.717) is 16.1 Å². The van der Waals surface area contributed by atoms with Crippen LogP contribution < -0.4 is 5.73 Å². The van der Waals surface area contributed by atoms with Crippen LogP contribution in [-0.2, 0) is 4.79 Å². The van der Waals surface area contributed by atoms with Crippen LogP contribution in [0, 0.1) is 5.92 Å². The molecule has 2 nitrogen and oxygen atoms in total. The Bertz CT molecular complexity index is 518. The number of primary amides is 1. The number of carbonyl (C=O) groups is 1. The van der Waals surface area contributed by atoms with Crippen LogP contribution in [0.3, 0.4) is 0 Å². The highest BCUT2D eigenvalue weighted by atomic mass is 32.2. The molecule has 1 aliphatic carbocycles. The normalized spacial score (nSPS) is 25.9. The molecular formula is C13H11NOS. The Labute approximate surface area is 98.2 Å². The standard InChI is InChI=1S/C13H11NOS/c14-13(15)11-7-9-6-5-8-3-1-2-4-10(8)12(9)16-11/h1-7,9,12H,(H2,14,15). The molecule has 0 fully saturated rings. The molecule has 1 amide bonds. The average Bonchev–Trinajstić information content (AvgIpc) is 2.73. The van der Waals surface area contributed by atoms with Gasteiger partial charge in [0, 0.05) is 11.2 Å². The van der Waals surface area contributed by atoms with Crippen LogP contribution in [0.5, 0.6) is 0 Å². The Kier molecular flexibility index (Phi) is 2.14. The van der Waals surface area contributed by atoms with Crippen molar-refractivity contribution in [3.05, 3.63) is 52.4 Å². The zero-order valence-corrected chi connectivity index (χ0v) is 9.41. The Balaban J connectivity index is 2.02. The zero-order chi connectivity index (χ0) is 11.1. The lowest BCUT2D eigenvalue weighted by atomic mass is 9.89. The minimum Gasteiger partial charge on any atom is -0.365 e. The molecule has 3 rings (SSSR count). The summed E-state index contributed by atoms with van der Waals surface area (Å²) < 4.78 is 0. The predicted molar refractivity (Wildman–Crippen MR) is 66.6 cm³/mol. The van der Waals surface area contributed by atoms with Gasteiger partial charge in [-0.15, -0.1) is 11.8 Å². The number of nitrogens with two attached hydrogens (primary N) is 1. The highest BCUT2D eigenvalue weighted by Gasteiger charge is 2.33. The van der Waals surface area contributed by atoms with Gasteiger partial charge in [0.2, 0.25) is 0 Å². The largest absolute Gasteiger partial charge is 0.365 e. The molecule has 0 saturated carbocycles. The fraction of sp³-hybridized carbons (Fsp3) is 0.154. The molecule has 3 heteroatoms. The number of carbonyl (C=O) groups excluding carboxylic acids is 1. The van der Waals surface area contributed by atoms with Crippen LogP contribution in [0.15, 0.2) is 41.3 Å². The van der Waals surface area contributed by atoms with Crippen LogP contribution in [0.1, 0.15) is 16.4 Å². The second-order valence-corrected chi connectivity index (χ2v) is 5.18. The van der Waals surface area contributed by atoms with E-state index in [0.717, 1.165) is 0 Å². The molecule has 1 aromatic carbocycles. The van der Waals surface area contributed by atoms with E-state index in [9.17, 15) is 4.79 Å². The summed E-state index contributed by atoms with van der Waals surface area (Å²) in [5.41, 5.74) is 7.86. The van der Waals surface area contributed by atoms with Gasteiger partial charge in [-0.25, -0.2) is 0 Å². The maximum atomic E-state index is 11.2. The third-order valence-electron chi connectivity index (χ3n) is 2.99. The van der Waals surface area contributed by atoms with E-state index >= 15 is 0 Å². The molecule has 2 unspecified atom stereocenters. The topological polar surface area (TPSA) is 43.1 Å². The lowest BCUT2D eigenvalue weighted by Gasteiger charge is -2.22. The van der Waals surface area contributed by atoms with E-state index in [1.807, 2.05) is 18.2 Å². The third kappa shape index (κ3) is 1.39. The summed E-state index contributed by atoms with van der Waals surface area (Å²) in [5.74, 6) is -0.00678. The molecule has 2 aliphatic rings.